The number of nitrogens with zero attached hydrogens (tertiary/aromatic N) is 1. The van der Waals surface area contributed by atoms with Gasteiger partial charge in [0, 0.05) is 23.2 Å². The molecule has 2 aromatic rings. The average molecular weight is 418 g/mol. The number of anilines is 2. The van der Waals surface area contributed by atoms with Crippen molar-refractivity contribution in [1.29, 1.82) is 0 Å². The molecular weight excluding hydrogens is 393 g/mol. The van der Waals surface area contributed by atoms with Crippen molar-refractivity contribution in [3.63, 3.8) is 0 Å². The van der Waals surface area contributed by atoms with Gasteiger partial charge in [0.1, 0.15) is 11.6 Å². The number of hydrogen-bond acceptors (Lipinski definition) is 5. The van der Waals surface area contributed by atoms with Crippen LogP contribution in [0.25, 0.3) is 0 Å². The molecule has 5 nitrogen and oxygen atoms in total. The third-order valence-corrected chi connectivity index (χ3v) is 4.76. The Morgan fingerprint density at radius 1 is 1.23 bits per heavy atom. The Labute approximate surface area is 173 Å². The van der Waals surface area contributed by atoms with Crippen LogP contribution in [0.2, 0.25) is 0 Å². The molecule has 0 amide bonds. The molecule has 0 aliphatic heterocycles. The highest BCUT2D eigenvalue weighted by Gasteiger charge is 2.31. The third kappa shape index (κ3) is 5.13. The maximum absolute atomic E-state index is 13.1. The van der Waals surface area contributed by atoms with Crippen molar-refractivity contribution < 1.29 is 17.9 Å². The molecule has 1 aliphatic rings. The molecule has 1 aliphatic carbocycles. The molecule has 1 unspecified atom stereocenters. The highest BCUT2D eigenvalue weighted by molar-refractivity contribution is 5.55. The standard InChI is InChI=1S/C22H25F3N4O/c1-3-30-21(14-7-8-14)19(20(27)15-9-10-18(26)28-12-15)13(2)29-17-6-4-5-16(11-17)22(23,24)25/h4-6,9-12,20,29H,3,7-8,27H2,1-2H3,(H2,26,28)/b19-13+. The number of rotatable bonds is 7. The van der Waals surface area contributed by atoms with Crippen LogP contribution in [-0.2, 0) is 10.9 Å². The van der Waals surface area contributed by atoms with Gasteiger partial charge in [0.05, 0.1) is 18.2 Å². The molecule has 0 spiro atoms. The summed E-state index contributed by atoms with van der Waals surface area (Å²) in [4.78, 5) is 4.10. The van der Waals surface area contributed by atoms with Gasteiger partial charge in [-0.3, -0.25) is 0 Å². The van der Waals surface area contributed by atoms with Gasteiger partial charge in [0.25, 0.3) is 0 Å². The predicted molar refractivity (Wildman–Crippen MR) is 111 cm³/mol. The molecule has 0 saturated heterocycles. The van der Waals surface area contributed by atoms with Crippen molar-refractivity contribution in [2.45, 2.75) is 38.9 Å². The van der Waals surface area contributed by atoms with E-state index in [-0.39, 0.29) is 0 Å². The molecule has 160 valence electrons. The highest BCUT2D eigenvalue weighted by atomic mass is 19.4. The molecule has 3 rings (SSSR count). The van der Waals surface area contributed by atoms with Gasteiger partial charge >= 0.3 is 6.18 Å². The van der Waals surface area contributed by atoms with Crippen molar-refractivity contribution in [2.75, 3.05) is 17.7 Å². The van der Waals surface area contributed by atoms with Gasteiger partial charge < -0.3 is 21.5 Å². The van der Waals surface area contributed by atoms with E-state index in [2.05, 4.69) is 10.3 Å². The van der Waals surface area contributed by atoms with Crippen LogP contribution in [0, 0.1) is 0 Å². The van der Waals surface area contributed by atoms with Crippen LogP contribution < -0.4 is 16.8 Å². The van der Waals surface area contributed by atoms with Crippen molar-refractivity contribution in [1.82, 2.24) is 4.98 Å². The van der Waals surface area contributed by atoms with E-state index in [0.29, 0.717) is 35.1 Å². The number of benzene rings is 1. The second-order valence-corrected chi connectivity index (χ2v) is 7.10. The molecule has 0 radical (unpaired) electrons. The summed E-state index contributed by atoms with van der Waals surface area (Å²) >= 11 is 0. The summed E-state index contributed by atoms with van der Waals surface area (Å²) in [5, 5.41) is 3.08. The minimum Gasteiger partial charge on any atom is -0.494 e. The molecule has 1 heterocycles. The molecule has 1 atom stereocenters. The topological polar surface area (TPSA) is 86.2 Å². The van der Waals surface area contributed by atoms with Crippen molar-refractivity contribution >= 4 is 11.5 Å². The Morgan fingerprint density at radius 2 is 1.97 bits per heavy atom. The van der Waals surface area contributed by atoms with Gasteiger partial charge in [-0.25, -0.2) is 4.98 Å². The number of pyridine rings is 1. The van der Waals surface area contributed by atoms with E-state index < -0.39 is 17.8 Å². The Hall–Kier alpha value is -3.00. The lowest BCUT2D eigenvalue weighted by Crippen LogP contribution is -2.20. The smallest absolute Gasteiger partial charge is 0.416 e. The Morgan fingerprint density at radius 3 is 2.53 bits per heavy atom. The van der Waals surface area contributed by atoms with Crippen molar-refractivity contribution in [3.8, 4) is 0 Å². The van der Waals surface area contributed by atoms with Crippen LogP contribution in [-0.4, -0.2) is 11.6 Å². The molecular formula is C22H25F3N4O. The fraction of sp³-hybridized carbons (Fsp3) is 0.318. The SMILES string of the molecule is CCOC(=C1CC1)/C(=C(\C)Nc1cccc(C(F)(F)F)c1)C(N)c1ccc(N)nc1. The van der Waals surface area contributed by atoms with Gasteiger partial charge in [-0.2, -0.15) is 13.2 Å². The zero-order valence-electron chi connectivity index (χ0n) is 16.9. The number of hydrogen-bond donors (Lipinski definition) is 3. The lowest BCUT2D eigenvalue weighted by atomic mass is 9.96. The number of alkyl halides is 3. The summed E-state index contributed by atoms with van der Waals surface area (Å²) in [7, 11) is 0. The predicted octanol–water partition coefficient (Wildman–Crippen LogP) is 5.15. The molecule has 1 aromatic heterocycles. The number of allylic oxidation sites excluding steroid dienone is 2. The number of aromatic nitrogens is 1. The minimum absolute atomic E-state index is 0.319. The lowest BCUT2D eigenvalue weighted by molar-refractivity contribution is -0.137. The molecule has 1 saturated carbocycles. The number of nitrogens with one attached hydrogen (secondary N) is 1. The summed E-state index contributed by atoms with van der Waals surface area (Å²) in [5.74, 6) is 1.07. The normalized spacial score (nSPS) is 15.3. The zero-order chi connectivity index (χ0) is 21.9. The monoisotopic (exact) mass is 418 g/mol. The second-order valence-electron chi connectivity index (χ2n) is 7.10. The summed E-state index contributed by atoms with van der Waals surface area (Å²) < 4.78 is 45.2. The first-order chi connectivity index (χ1) is 14.2. The molecule has 1 aromatic carbocycles. The largest absolute Gasteiger partial charge is 0.494 e. The number of ether oxygens (including phenoxy) is 1. The van der Waals surface area contributed by atoms with E-state index in [4.69, 9.17) is 16.2 Å². The van der Waals surface area contributed by atoms with Gasteiger partial charge in [-0.05, 0) is 62.1 Å². The van der Waals surface area contributed by atoms with E-state index >= 15 is 0 Å². The van der Waals surface area contributed by atoms with Crippen LogP contribution >= 0.6 is 0 Å². The van der Waals surface area contributed by atoms with Crippen LogP contribution in [0.5, 0.6) is 0 Å². The van der Waals surface area contributed by atoms with Gasteiger partial charge in [0.15, 0.2) is 0 Å². The first kappa shape index (κ1) is 21.7. The van der Waals surface area contributed by atoms with Gasteiger partial charge in [-0.15, -0.1) is 0 Å². The van der Waals surface area contributed by atoms with E-state index in [1.54, 1.807) is 31.3 Å². The van der Waals surface area contributed by atoms with E-state index in [9.17, 15) is 13.2 Å². The summed E-state index contributed by atoms with van der Waals surface area (Å²) in [5.41, 5.74) is 15.0. The van der Waals surface area contributed by atoms with Gasteiger partial charge in [-0.1, -0.05) is 12.1 Å². The summed E-state index contributed by atoms with van der Waals surface area (Å²) in [6, 6.07) is 7.91. The summed E-state index contributed by atoms with van der Waals surface area (Å²) in [6.45, 7) is 4.11. The molecule has 30 heavy (non-hydrogen) atoms. The first-order valence-corrected chi connectivity index (χ1v) is 9.68. The quantitative estimate of drug-likeness (QED) is 0.541. The Balaban J connectivity index is 2.03. The summed E-state index contributed by atoms with van der Waals surface area (Å²) in [6.07, 6.45) is -1.01. The fourth-order valence-corrected chi connectivity index (χ4v) is 3.17. The second kappa shape index (κ2) is 8.79. The Bertz CT molecular complexity index is 959. The molecule has 0 bridgehead atoms. The van der Waals surface area contributed by atoms with Crippen LogP contribution in [0.15, 0.2) is 65.2 Å². The number of nitrogen functional groups attached to an aromatic ring is 1. The average Bonchev–Trinajstić information content (AvgIpc) is 3.52. The Kier molecular flexibility index (Phi) is 6.36. The maximum Gasteiger partial charge on any atom is 0.416 e. The fourth-order valence-electron chi connectivity index (χ4n) is 3.17. The third-order valence-electron chi connectivity index (χ3n) is 4.76. The number of nitrogens with two attached hydrogens (primary N) is 2. The minimum atomic E-state index is -4.42. The van der Waals surface area contributed by atoms with Crippen LogP contribution in [0.3, 0.4) is 0 Å². The van der Waals surface area contributed by atoms with Crippen molar-refractivity contribution in [3.05, 3.63) is 76.3 Å². The first-order valence-electron chi connectivity index (χ1n) is 9.68. The van der Waals surface area contributed by atoms with E-state index in [0.717, 1.165) is 36.1 Å². The molecule has 5 N–H and O–H groups in total. The van der Waals surface area contributed by atoms with Crippen LogP contribution in [0.1, 0.15) is 43.9 Å². The van der Waals surface area contributed by atoms with Crippen molar-refractivity contribution in [2.24, 2.45) is 5.73 Å². The highest BCUT2D eigenvalue weighted by Crippen LogP contribution is 2.40. The molecule has 1 fully saturated rings. The van der Waals surface area contributed by atoms with Crippen LogP contribution in [0.4, 0.5) is 24.7 Å². The maximum atomic E-state index is 13.1. The zero-order valence-corrected chi connectivity index (χ0v) is 16.9. The number of halogens is 3. The molecule has 8 heteroatoms. The lowest BCUT2D eigenvalue weighted by Gasteiger charge is -2.23. The van der Waals surface area contributed by atoms with E-state index in [1.807, 2.05) is 6.92 Å². The van der Waals surface area contributed by atoms with Gasteiger partial charge in [0.2, 0.25) is 0 Å². The van der Waals surface area contributed by atoms with E-state index in [1.165, 1.54) is 6.07 Å².